The van der Waals surface area contributed by atoms with Crippen molar-refractivity contribution in [3.63, 3.8) is 0 Å². The summed E-state index contributed by atoms with van der Waals surface area (Å²) in [4.78, 5) is 11.9. The average molecular weight is 282 g/mol. The van der Waals surface area contributed by atoms with E-state index in [9.17, 15) is 13.2 Å². The highest BCUT2D eigenvalue weighted by molar-refractivity contribution is 7.90. The van der Waals surface area contributed by atoms with Crippen LogP contribution in [0.15, 0.2) is 18.2 Å². The van der Waals surface area contributed by atoms with Crippen LogP contribution in [0.5, 0.6) is 0 Å². The highest BCUT2D eigenvalue weighted by Gasteiger charge is 2.13. The summed E-state index contributed by atoms with van der Waals surface area (Å²) >= 11 is 0. The lowest BCUT2D eigenvalue weighted by Crippen LogP contribution is -2.25. The van der Waals surface area contributed by atoms with Gasteiger partial charge in [-0.25, -0.2) is 8.42 Å². The second kappa shape index (κ2) is 5.61. The Balaban J connectivity index is 1.87. The summed E-state index contributed by atoms with van der Waals surface area (Å²) in [6.07, 6.45) is 2.63. The average Bonchev–Trinajstić information content (AvgIpc) is 2.80. The summed E-state index contributed by atoms with van der Waals surface area (Å²) < 4.78 is 21.9. The lowest BCUT2D eigenvalue weighted by Gasteiger charge is -2.06. The Hall–Kier alpha value is -1.56. The van der Waals surface area contributed by atoms with Crippen molar-refractivity contribution in [2.45, 2.75) is 12.8 Å². The fraction of sp³-hybridized carbons (Fsp3) is 0.462. The lowest BCUT2D eigenvalue weighted by atomic mass is 10.1. The van der Waals surface area contributed by atoms with Crippen LogP contribution >= 0.6 is 0 Å². The number of hydrogen-bond donors (Lipinski definition) is 2. The predicted octanol–water partition coefficient (Wildman–Crippen LogP) is 0.819. The first kappa shape index (κ1) is 13.9. The molecular weight excluding hydrogens is 264 g/mol. The van der Waals surface area contributed by atoms with E-state index in [1.165, 1.54) is 11.8 Å². The van der Waals surface area contributed by atoms with Crippen LogP contribution < -0.4 is 10.6 Å². The summed E-state index contributed by atoms with van der Waals surface area (Å²) in [5.74, 6) is -0.0658. The van der Waals surface area contributed by atoms with E-state index in [4.69, 9.17) is 0 Å². The third-order valence-corrected chi connectivity index (χ3v) is 4.09. The van der Waals surface area contributed by atoms with E-state index in [0.717, 1.165) is 18.7 Å². The van der Waals surface area contributed by atoms with Gasteiger partial charge in [0, 0.05) is 30.6 Å². The molecule has 0 aliphatic carbocycles. The molecule has 5 nitrogen and oxygen atoms in total. The summed E-state index contributed by atoms with van der Waals surface area (Å²) in [6.45, 7) is 1.28. The smallest absolute Gasteiger partial charge is 0.251 e. The number of fused-ring (bicyclic) bond motifs is 1. The van der Waals surface area contributed by atoms with Crippen molar-refractivity contribution in [2.24, 2.45) is 0 Å². The van der Waals surface area contributed by atoms with Crippen molar-refractivity contribution in [2.75, 3.05) is 30.4 Å². The summed E-state index contributed by atoms with van der Waals surface area (Å²) in [5, 5.41) is 5.95. The second-order valence-corrected chi connectivity index (χ2v) is 7.05. The van der Waals surface area contributed by atoms with Gasteiger partial charge in [0.2, 0.25) is 0 Å². The molecule has 1 heterocycles. The van der Waals surface area contributed by atoms with Crippen LogP contribution in [0.2, 0.25) is 0 Å². The van der Waals surface area contributed by atoms with Crippen molar-refractivity contribution < 1.29 is 13.2 Å². The van der Waals surface area contributed by atoms with Gasteiger partial charge >= 0.3 is 0 Å². The van der Waals surface area contributed by atoms with Crippen LogP contribution in [0.25, 0.3) is 0 Å². The molecule has 0 unspecified atom stereocenters. The molecule has 0 saturated heterocycles. The largest absolute Gasteiger partial charge is 0.384 e. The molecule has 2 N–H and O–H groups in total. The predicted molar refractivity (Wildman–Crippen MR) is 75.3 cm³/mol. The van der Waals surface area contributed by atoms with E-state index in [2.05, 4.69) is 10.6 Å². The number of benzene rings is 1. The number of carbonyl (C=O) groups is 1. The maximum absolute atomic E-state index is 11.9. The molecule has 0 spiro atoms. The number of anilines is 1. The fourth-order valence-electron chi connectivity index (χ4n) is 2.07. The fourth-order valence-corrected chi connectivity index (χ4v) is 2.74. The first-order chi connectivity index (χ1) is 8.96. The second-order valence-electron chi connectivity index (χ2n) is 4.79. The normalized spacial score (nSPS) is 13.7. The Kier molecular flexibility index (Phi) is 4.09. The van der Waals surface area contributed by atoms with Gasteiger partial charge in [0.15, 0.2) is 0 Å². The molecule has 2 rings (SSSR count). The molecule has 1 aromatic rings. The van der Waals surface area contributed by atoms with Crippen LogP contribution in [0, 0.1) is 0 Å². The van der Waals surface area contributed by atoms with Gasteiger partial charge in [-0.15, -0.1) is 0 Å². The molecule has 0 radical (unpaired) electrons. The van der Waals surface area contributed by atoms with Crippen molar-refractivity contribution in [1.29, 1.82) is 0 Å². The number of carbonyl (C=O) groups excluding carboxylic acids is 1. The molecule has 1 aromatic carbocycles. The van der Waals surface area contributed by atoms with Gasteiger partial charge in [-0.3, -0.25) is 4.79 Å². The van der Waals surface area contributed by atoms with Gasteiger partial charge < -0.3 is 10.6 Å². The number of nitrogens with one attached hydrogen (secondary N) is 2. The minimum Gasteiger partial charge on any atom is -0.384 e. The molecule has 1 aliphatic rings. The molecule has 0 bridgehead atoms. The van der Waals surface area contributed by atoms with Gasteiger partial charge in [0.25, 0.3) is 5.91 Å². The molecule has 6 heteroatoms. The number of sulfone groups is 1. The Morgan fingerprint density at radius 3 is 2.95 bits per heavy atom. The van der Waals surface area contributed by atoms with Crippen LogP contribution in [-0.4, -0.2) is 39.4 Å². The number of hydrogen-bond acceptors (Lipinski definition) is 4. The molecule has 1 amide bonds. The summed E-state index contributed by atoms with van der Waals surface area (Å²) in [5.41, 5.74) is 2.85. The van der Waals surface area contributed by atoms with Gasteiger partial charge in [-0.05, 0) is 30.5 Å². The summed E-state index contributed by atoms with van der Waals surface area (Å²) in [7, 11) is -2.96. The van der Waals surface area contributed by atoms with Crippen molar-refractivity contribution in [3.05, 3.63) is 29.3 Å². The summed E-state index contributed by atoms with van der Waals surface area (Å²) in [6, 6.07) is 5.60. The molecular formula is C13H18N2O3S. The highest BCUT2D eigenvalue weighted by atomic mass is 32.2. The van der Waals surface area contributed by atoms with Crippen LogP contribution in [0.1, 0.15) is 22.3 Å². The zero-order valence-electron chi connectivity index (χ0n) is 10.9. The molecule has 0 fully saturated rings. The Bertz CT molecular complexity index is 582. The molecule has 0 atom stereocenters. The van der Waals surface area contributed by atoms with Crippen LogP contribution in [-0.2, 0) is 16.3 Å². The number of rotatable bonds is 5. The van der Waals surface area contributed by atoms with Gasteiger partial charge in [0.05, 0.1) is 5.75 Å². The van der Waals surface area contributed by atoms with E-state index >= 15 is 0 Å². The van der Waals surface area contributed by atoms with Crippen LogP contribution in [0.4, 0.5) is 5.69 Å². The van der Waals surface area contributed by atoms with Gasteiger partial charge in [0.1, 0.15) is 9.84 Å². The first-order valence-electron chi connectivity index (χ1n) is 6.28. The third-order valence-electron chi connectivity index (χ3n) is 3.06. The van der Waals surface area contributed by atoms with Gasteiger partial charge in [-0.2, -0.15) is 0 Å². The standard InChI is InChI=1S/C13H18N2O3S/c1-19(17,18)8-2-6-15-13(16)11-4-3-10-5-7-14-12(10)9-11/h3-4,9,14H,2,5-8H2,1H3,(H,15,16). The zero-order valence-corrected chi connectivity index (χ0v) is 11.7. The molecule has 19 heavy (non-hydrogen) atoms. The first-order valence-corrected chi connectivity index (χ1v) is 8.34. The maximum atomic E-state index is 11.9. The Labute approximate surface area is 113 Å². The molecule has 0 saturated carbocycles. The zero-order chi connectivity index (χ0) is 13.9. The monoisotopic (exact) mass is 282 g/mol. The minimum absolute atomic E-state index is 0.0963. The number of amides is 1. The topological polar surface area (TPSA) is 75.3 Å². The van der Waals surface area contributed by atoms with Crippen LogP contribution in [0.3, 0.4) is 0 Å². The third kappa shape index (κ3) is 3.96. The van der Waals surface area contributed by atoms with Crippen molar-refractivity contribution >= 4 is 21.4 Å². The van der Waals surface area contributed by atoms with Crippen molar-refractivity contribution in [3.8, 4) is 0 Å². The maximum Gasteiger partial charge on any atom is 0.251 e. The molecule has 0 aromatic heterocycles. The quantitative estimate of drug-likeness (QED) is 0.784. The van der Waals surface area contributed by atoms with Crippen molar-refractivity contribution in [1.82, 2.24) is 5.32 Å². The molecule has 1 aliphatic heterocycles. The molecule has 104 valence electrons. The van der Waals surface area contributed by atoms with E-state index in [1.54, 1.807) is 6.07 Å². The highest BCUT2D eigenvalue weighted by Crippen LogP contribution is 2.23. The Morgan fingerprint density at radius 1 is 1.42 bits per heavy atom. The Morgan fingerprint density at radius 2 is 2.21 bits per heavy atom. The lowest BCUT2D eigenvalue weighted by molar-refractivity contribution is 0.0953. The van der Waals surface area contributed by atoms with E-state index in [-0.39, 0.29) is 11.7 Å². The SMILES string of the molecule is CS(=O)(=O)CCCNC(=O)c1ccc2c(c1)NCC2. The van der Waals surface area contributed by atoms with Gasteiger partial charge in [-0.1, -0.05) is 6.07 Å². The van der Waals surface area contributed by atoms with E-state index in [0.29, 0.717) is 18.5 Å². The van der Waals surface area contributed by atoms with E-state index in [1.807, 2.05) is 12.1 Å². The minimum atomic E-state index is -2.96. The van der Waals surface area contributed by atoms with E-state index < -0.39 is 9.84 Å².